The van der Waals surface area contributed by atoms with Gasteiger partial charge in [0.2, 0.25) is 0 Å². The average Bonchev–Trinajstić information content (AvgIpc) is 2.49. The summed E-state index contributed by atoms with van der Waals surface area (Å²) in [6, 6.07) is 7.44. The lowest BCUT2D eigenvalue weighted by molar-refractivity contribution is 0.152. The van der Waals surface area contributed by atoms with Gasteiger partial charge in [0.15, 0.2) is 5.96 Å². The summed E-state index contributed by atoms with van der Waals surface area (Å²) in [7, 11) is 1.73. The van der Waals surface area contributed by atoms with Gasteiger partial charge in [-0.2, -0.15) is 0 Å². The first-order valence-electron chi connectivity index (χ1n) is 7.10. The molecule has 0 aliphatic carbocycles. The zero-order valence-corrected chi connectivity index (χ0v) is 13.6. The fourth-order valence-corrected chi connectivity index (χ4v) is 1.83. The first-order valence-corrected chi connectivity index (χ1v) is 7.48. The molecule has 118 valence electrons. The van der Waals surface area contributed by atoms with E-state index >= 15 is 0 Å². The Morgan fingerprint density at radius 1 is 1.33 bits per heavy atom. The number of halogens is 1. The van der Waals surface area contributed by atoms with E-state index in [1.165, 1.54) is 0 Å². The number of benzene rings is 1. The highest BCUT2D eigenvalue weighted by Crippen LogP contribution is 2.23. The van der Waals surface area contributed by atoms with Crippen molar-refractivity contribution in [3.05, 3.63) is 29.3 Å². The van der Waals surface area contributed by atoms with Crippen molar-refractivity contribution >= 4 is 17.6 Å². The van der Waals surface area contributed by atoms with Gasteiger partial charge >= 0.3 is 0 Å². The fraction of sp³-hybridized carbons (Fsp3) is 0.533. The second-order valence-electron chi connectivity index (χ2n) is 4.44. The molecule has 1 atom stereocenters. The maximum absolute atomic E-state index is 6.06. The highest BCUT2D eigenvalue weighted by Gasteiger charge is 2.07. The van der Waals surface area contributed by atoms with Crippen LogP contribution in [0.5, 0.6) is 5.75 Å². The lowest BCUT2D eigenvalue weighted by Gasteiger charge is -2.18. The van der Waals surface area contributed by atoms with Gasteiger partial charge in [-0.25, -0.2) is 0 Å². The van der Waals surface area contributed by atoms with Crippen LogP contribution >= 0.6 is 11.6 Å². The highest BCUT2D eigenvalue weighted by molar-refractivity contribution is 6.32. The molecule has 0 bridgehead atoms. The molecule has 1 unspecified atom stereocenters. The topological polar surface area (TPSA) is 54.9 Å². The highest BCUT2D eigenvalue weighted by atomic mass is 35.5. The van der Waals surface area contributed by atoms with Crippen LogP contribution in [0.15, 0.2) is 29.3 Å². The molecule has 0 aliphatic heterocycles. The zero-order chi connectivity index (χ0) is 15.5. The zero-order valence-electron chi connectivity index (χ0n) is 12.9. The smallest absolute Gasteiger partial charge is 0.191 e. The number of ether oxygens (including phenoxy) is 2. The van der Waals surface area contributed by atoms with Crippen molar-refractivity contribution in [1.29, 1.82) is 0 Å². The standard InChI is InChI=1S/C15H24ClN3O2/c1-4-20-10-9-18-15(17-3)19-11-12(2)21-14-8-6-5-7-13(14)16/h5-8,12H,4,9-11H2,1-3H3,(H2,17,18,19). The predicted octanol–water partition coefficient (Wildman–Crippen LogP) is 2.31. The van der Waals surface area contributed by atoms with E-state index in [0.717, 1.165) is 12.6 Å². The largest absolute Gasteiger partial charge is 0.487 e. The molecule has 1 aromatic rings. The van der Waals surface area contributed by atoms with Crippen molar-refractivity contribution in [1.82, 2.24) is 10.6 Å². The molecule has 0 spiro atoms. The Kier molecular flexibility index (Phi) is 8.62. The monoisotopic (exact) mass is 313 g/mol. The lowest BCUT2D eigenvalue weighted by Crippen LogP contribution is -2.42. The van der Waals surface area contributed by atoms with Gasteiger partial charge in [0.05, 0.1) is 18.2 Å². The molecule has 0 aromatic heterocycles. The number of hydrogen-bond donors (Lipinski definition) is 2. The minimum absolute atomic E-state index is 0.0321. The molecule has 0 radical (unpaired) electrons. The van der Waals surface area contributed by atoms with Gasteiger partial charge in [-0.05, 0) is 26.0 Å². The Labute approximate surface area is 131 Å². The van der Waals surface area contributed by atoms with Crippen LogP contribution in [0, 0.1) is 0 Å². The lowest BCUT2D eigenvalue weighted by atomic mass is 10.3. The second-order valence-corrected chi connectivity index (χ2v) is 4.84. The Balaban J connectivity index is 2.31. The number of para-hydroxylation sites is 1. The van der Waals surface area contributed by atoms with Crippen molar-refractivity contribution in [2.24, 2.45) is 4.99 Å². The number of hydrogen-bond acceptors (Lipinski definition) is 3. The Bertz CT molecular complexity index is 441. The van der Waals surface area contributed by atoms with Gasteiger partial charge in [0.1, 0.15) is 11.9 Å². The third kappa shape index (κ3) is 7.20. The number of guanidine groups is 1. The summed E-state index contributed by atoms with van der Waals surface area (Å²) in [6.07, 6.45) is -0.0321. The van der Waals surface area contributed by atoms with Crippen molar-refractivity contribution in [3.8, 4) is 5.75 Å². The quantitative estimate of drug-likeness (QED) is 0.439. The van der Waals surface area contributed by atoms with Gasteiger partial charge in [-0.15, -0.1) is 0 Å². The Hall–Kier alpha value is -1.46. The Morgan fingerprint density at radius 3 is 2.76 bits per heavy atom. The van der Waals surface area contributed by atoms with Crippen molar-refractivity contribution in [2.75, 3.05) is 33.4 Å². The number of nitrogens with zero attached hydrogens (tertiary/aromatic N) is 1. The maximum atomic E-state index is 6.06. The van der Waals surface area contributed by atoms with E-state index in [2.05, 4.69) is 15.6 Å². The van der Waals surface area contributed by atoms with Crippen LogP contribution in [-0.2, 0) is 4.74 Å². The van der Waals surface area contributed by atoms with Crippen molar-refractivity contribution in [2.45, 2.75) is 20.0 Å². The maximum Gasteiger partial charge on any atom is 0.191 e. The molecule has 6 heteroatoms. The average molecular weight is 314 g/mol. The summed E-state index contributed by atoms with van der Waals surface area (Å²) in [5.41, 5.74) is 0. The first kappa shape index (κ1) is 17.6. The van der Waals surface area contributed by atoms with E-state index in [1.807, 2.05) is 38.1 Å². The van der Waals surface area contributed by atoms with E-state index in [0.29, 0.717) is 30.5 Å². The molecule has 1 aromatic carbocycles. The molecular weight excluding hydrogens is 290 g/mol. The van der Waals surface area contributed by atoms with Crippen LogP contribution in [0.1, 0.15) is 13.8 Å². The number of aliphatic imine (C=N–C) groups is 1. The molecule has 0 saturated carbocycles. The van der Waals surface area contributed by atoms with E-state index in [9.17, 15) is 0 Å². The summed E-state index contributed by atoms with van der Waals surface area (Å²) >= 11 is 6.06. The summed E-state index contributed by atoms with van der Waals surface area (Å²) in [4.78, 5) is 4.14. The van der Waals surface area contributed by atoms with E-state index in [1.54, 1.807) is 7.05 Å². The SMILES string of the molecule is CCOCCNC(=NC)NCC(C)Oc1ccccc1Cl. The minimum Gasteiger partial charge on any atom is -0.487 e. The molecule has 5 nitrogen and oxygen atoms in total. The van der Waals surface area contributed by atoms with Gasteiger partial charge in [-0.3, -0.25) is 4.99 Å². The molecule has 1 rings (SSSR count). The summed E-state index contributed by atoms with van der Waals surface area (Å²) in [5, 5.41) is 6.98. The molecule has 0 saturated heterocycles. The van der Waals surface area contributed by atoms with Crippen LogP contribution in [-0.4, -0.2) is 45.4 Å². The van der Waals surface area contributed by atoms with E-state index in [4.69, 9.17) is 21.1 Å². The van der Waals surface area contributed by atoms with Gasteiger partial charge in [0, 0.05) is 20.2 Å². The molecule has 0 amide bonds. The fourth-order valence-electron chi connectivity index (χ4n) is 1.65. The molecule has 0 heterocycles. The van der Waals surface area contributed by atoms with Crippen LogP contribution in [0.25, 0.3) is 0 Å². The molecule has 2 N–H and O–H groups in total. The third-order valence-corrected chi connectivity index (χ3v) is 3.00. The molecule has 21 heavy (non-hydrogen) atoms. The minimum atomic E-state index is -0.0321. The molecule has 0 aliphatic rings. The van der Waals surface area contributed by atoms with Crippen LogP contribution < -0.4 is 15.4 Å². The summed E-state index contributed by atoms with van der Waals surface area (Å²) < 4.78 is 11.0. The van der Waals surface area contributed by atoms with Gasteiger partial charge < -0.3 is 20.1 Å². The summed E-state index contributed by atoms with van der Waals surface area (Å²) in [6.45, 7) is 6.66. The van der Waals surface area contributed by atoms with Crippen molar-refractivity contribution < 1.29 is 9.47 Å². The molecule has 0 fully saturated rings. The summed E-state index contributed by atoms with van der Waals surface area (Å²) in [5.74, 6) is 1.41. The van der Waals surface area contributed by atoms with E-state index in [-0.39, 0.29) is 6.10 Å². The predicted molar refractivity (Wildman–Crippen MR) is 87.4 cm³/mol. The van der Waals surface area contributed by atoms with Crippen LogP contribution in [0.2, 0.25) is 5.02 Å². The van der Waals surface area contributed by atoms with Gasteiger partial charge in [0.25, 0.3) is 0 Å². The Morgan fingerprint density at radius 2 is 2.10 bits per heavy atom. The normalized spacial score (nSPS) is 12.9. The van der Waals surface area contributed by atoms with Gasteiger partial charge in [-0.1, -0.05) is 23.7 Å². The van der Waals surface area contributed by atoms with Crippen LogP contribution in [0.3, 0.4) is 0 Å². The number of nitrogens with one attached hydrogen (secondary N) is 2. The number of rotatable bonds is 8. The van der Waals surface area contributed by atoms with Crippen LogP contribution in [0.4, 0.5) is 0 Å². The molecular formula is C15H24ClN3O2. The van der Waals surface area contributed by atoms with E-state index < -0.39 is 0 Å². The third-order valence-electron chi connectivity index (χ3n) is 2.69. The second kappa shape index (κ2) is 10.3. The van der Waals surface area contributed by atoms with Crippen molar-refractivity contribution in [3.63, 3.8) is 0 Å². The first-order chi connectivity index (χ1) is 10.2.